The number of carbonyl (C=O) groups is 1. The molecule has 140 valence electrons. The van der Waals surface area contributed by atoms with E-state index in [2.05, 4.69) is 17.5 Å². The summed E-state index contributed by atoms with van der Waals surface area (Å²) in [5, 5.41) is 13.7. The predicted octanol–water partition coefficient (Wildman–Crippen LogP) is 4.88. The van der Waals surface area contributed by atoms with Gasteiger partial charge in [-0.3, -0.25) is 0 Å². The van der Waals surface area contributed by atoms with Crippen LogP contribution in [-0.4, -0.2) is 25.3 Å². The molecule has 27 heavy (non-hydrogen) atoms. The number of allylic oxidation sites excluding steroid dienone is 2. The van der Waals surface area contributed by atoms with Crippen molar-refractivity contribution >= 4 is 23.3 Å². The van der Waals surface area contributed by atoms with Crippen LogP contribution in [0.1, 0.15) is 39.9 Å². The summed E-state index contributed by atoms with van der Waals surface area (Å²) >= 11 is 6.46. The van der Waals surface area contributed by atoms with Gasteiger partial charge in [-0.15, -0.1) is 0 Å². The third-order valence-electron chi connectivity index (χ3n) is 5.47. The van der Waals surface area contributed by atoms with E-state index < -0.39 is 5.97 Å². The van der Waals surface area contributed by atoms with Crippen LogP contribution in [0.3, 0.4) is 0 Å². The van der Waals surface area contributed by atoms with Gasteiger partial charge in [-0.25, -0.2) is 4.79 Å². The minimum absolute atomic E-state index is 0.0213. The molecule has 2 aliphatic rings. The fraction of sp³-hybridized carbons (Fsp3) is 0.286. The summed E-state index contributed by atoms with van der Waals surface area (Å²) in [6.07, 6.45) is 5.04. The predicted molar refractivity (Wildman–Crippen MR) is 104 cm³/mol. The first kappa shape index (κ1) is 17.7. The van der Waals surface area contributed by atoms with E-state index in [0.717, 1.165) is 29.0 Å². The molecule has 0 radical (unpaired) electrons. The molecule has 3 atom stereocenters. The van der Waals surface area contributed by atoms with Crippen LogP contribution >= 0.6 is 11.6 Å². The molecule has 1 aliphatic heterocycles. The first-order chi connectivity index (χ1) is 13.0. The highest BCUT2D eigenvalue weighted by Crippen LogP contribution is 2.54. The Morgan fingerprint density at radius 3 is 2.74 bits per heavy atom. The standard InChI is InChI=1S/C21H20ClNO4/c1-26-11-6-9-17(27-2)15(10-11)19-13-5-3-4-12(13)18-14(21(24)25)7-8-16(22)20(18)23-19/h3-4,6-10,12-13,19,23H,5H2,1-2H3,(H,24,25)/t12-,13+,19-/m1/s1. The van der Waals surface area contributed by atoms with E-state index in [9.17, 15) is 9.90 Å². The number of ether oxygens (including phenoxy) is 2. The summed E-state index contributed by atoms with van der Waals surface area (Å²) < 4.78 is 11.0. The van der Waals surface area contributed by atoms with Gasteiger partial charge in [-0.05, 0) is 48.2 Å². The van der Waals surface area contributed by atoms with Crippen molar-refractivity contribution in [1.29, 1.82) is 0 Å². The average molecular weight is 386 g/mol. The smallest absolute Gasteiger partial charge is 0.336 e. The Morgan fingerprint density at radius 2 is 2.04 bits per heavy atom. The lowest BCUT2D eigenvalue weighted by molar-refractivity contribution is 0.0695. The van der Waals surface area contributed by atoms with Crippen LogP contribution in [0.2, 0.25) is 5.02 Å². The molecule has 0 aromatic heterocycles. The number of anilines is 1. The monoisotopic (exact) mass is 385 g/mol. The maximum atomic E-state index is 11.8. The zero-order valence-electron chi connectivity index (χ0n) is 15.0. The molecule has 0 amide bonds. The number of nitrogens with one attached hydrogen (secondary N) is 1. The van der Waals surface area contributed by atoms with E-state index in [4.69, 9.17) is 21.1 Å². The molecule has 2 aromatic rings. The second-order valence-corrected chi connectivity index (χ2v) is 7.18. The highest BCUT2D eigenvalue weighted by Gasteiger charge is 2.41. The average Bonchev–Trinajstić information content (AvgIpc) is 3.17. The van der Waals surface area contributed by atoms with Crippen molar-refractivity contribution in [2.75, 3.05) is 19.5 Å². The quantitative estimate of drug-likeness (QED) is 0.734. The highest BCUT2D eigenvalue weighted by molar-refractivity contribution is 6.33. The topological polar surface area (TPSA) is 67.8 Å². The Morgan fingerprint density at radius 1 is 1.22 bits per heavy atom. The maximum Gasteiger partial charge on any atom is 0.336 e. The number of halogens is 1. The number of methoxy groups -OCH3 is 2. The molecular weight excluding hydrogens is 366 g/mol. The fourth-order valence-corrected chi connectivity index (χ4v) is 4.47. The Kier molecular flexibility index (Phi) is 4.48. The van der Waals surface area contributed by atoms with Gasteiger partial charge in [0.1, 0.15) is 11.5 Å². The number of rotatable bonds is 4. The van der Waals surface area contributed by atoms with Gasteiger partial charge in [0.25, 0.3) is 0 Å². The summed E-state index contributed by atoms with van der Waals surface area (Å²) in [5.41, 5.74) is 2.70. The Balaban J connectivity index is 1.89. The molecule has 5 nitrogen and oxygen atoms in total. The number of hydrogen-bond acceptors (Lipinski definition) is 4. The summed E-state index contributed by atoms with van der Waals surface area (Å²) in [4.78, 5) is 11.8. The number of aromatic carboxylic acids is 1. The number of carboxylic acids is 1. The maximum absolute atomic E-state index is 11.8. The minimum Gasteiger partial charge on any atom is -0.497 e. The lowest BCUT2D eigenvalue weighted by Gasteiger charge is -2.39. The molecule has 0 bridgehead atoms. The van der Waals surface area contributed by atoms with Crippen molar-refractivity contribution in [3.05, 3.63) is 64.2 Å². The fourth-order valence-electron chi connectivity index (χ4n) is 4.25. The van der Waals surface area contributed by atoms with Gasteiger partial charge in [-0.2, -0.15) is 0 Å². The van der Waals surface area contributed by atoms with Gasteiger partial charge in [-0.1, -0.05) is 23.8 Å². The Labute approximate surface area is 162 Å². The van der Waals surface area contributed by atoms with Crippen LogP contribution in [0.4, 0.5) is 5.69 Å². The van der Waals surface area contributed by atoms with Crippen molar-refractivity contribution in [1.82, 2.24) is 0 Å². The van der Waals surface area contributed by atoms with E-state index in [1.54, 1.807) is 26.4 Å². The first-order valence-corrected chi connectivity index (χ1v) is 9.13. The van der Waals surface area contributed by atoms with Gasteiger partial charge < -0.3 is 19.9 Å². The van der Waals surface area contributed by atoms with Crippen LogP contribution in [0.15, 0.2) is 42.5 Å². The van der Waals surface area contributed by atoms with Gasteiger partial charge in [0.2, 0.25) is 0 Å². The van der Waals surface area contributed by atoms with Gasteiger partial charge in [0, 0.05) is 11.5 Å². The molecule has 0 saturated heterocycles. The second kappa shape index (κ2) is 6.82. The number of carboxylic acid groups (broad SMARTS) is 1. The molecule has 0 spiro atoms. The minimum atomic E-state index is -0.943. The number of hydrogen-bond donors (Lipinski definition) is 2. The highest BCUT2D eigenvalue weighted by atomic mass is 35.5. The van der Waals surface area contributed by atoms with Crippen LogP contribution < -0.4 is 14.8 Å². The Hall–Kier alpha value is -2.66. The van der Waals surface area contributed by atoms with Crippen LogP contribution in [0.5, 0.6) is 11.5 Å². The van der Waals surface area contributed by atoms with Gasteiger partial charge in [0.05, 0.1) is 36.5 Å². The summed E-state index contributed by atoms with van der Waals surface area (Å²) in [5.74, 6) is 0.697. The third kappa shape index (κ3) is 2.82. The van der Waals surface area contributed by atoms with E-state index in [1.807, 2.05) is 18.2 Å². The van der Waals surface area contributed by atoms with Crippen molar-refractivity contribution in [2.45, 2.75) is 18.4 Å². The lowest BCUT2D eigenvalue weighted by Crippen LogP contribution is -2.31. The van der Waals surface area contributed by atoms with E-state index in [1.165, 1.54) is 0 Å². The normalized spacial score (nSPS) is 22.6. The number of benzene rings is 2. The molecule has 2 N–H and O–H groups in total. The molecule has 6 heteroatoms. The van der Waals surface area contributed by atoms with Crippen molar-refractivity contribution in [2.24, 2.45) is 5.92 Å². The molecule has 0 saturated carbocycles. The summed E-state index contributed by atoms with van der Waals surface area (Å²) in [6, 6.07) is 8.85. The first-order valence-electron chi connectivity index (χ1n) is 8.76. The van der Waals surface area contributed by atoms with Crippen LogP contribution in [-0.2, 0) is 0 Å². The van der Waals surface area contributed by atoms with E-state index in [-0.39, 0.29) is 17.9 Å². The summed E-state index contributed by atoms with van der Waals surface area (Å²) in [7, 11) is 3.27. The largest absolute Gasteiger partial charge is 0.497 e. The van der Waals surface area contributed by atoms with Crippen LogP contribution in [0, 0.1) is 5.92 Å². The molecule has 4 rings (SSSR count). The van der Waals surface area contributed by atoms with Gasteiger partial charge >= 0.3 is 5.97 Å². The SMILES string of the molecule is COc1ccc(OC)c([C@@H]2Nc3c(Cl)ccc(C(=O)O)c3[C@@H]3C=CC[C@@H]32)c1. The van der Waals surface area contributed by atoms with Crippen molar-refractivity contribution in [3.63, 3.8) is 0 Å². The van der Waals surface area contributed by atoms with Gasteiger partial charge in [0.15, 0.2) is 0 Å². The molecule has 1 aliphatic carbocycles. The zero-order valence-corrected chi connectivity index (χ0v) is 15.8. The van der Waals surface area contributed by atoms with E-state index >= 15 is 0 Å². The molecular formula is C21H20ClNO4. The Bertz CT molecular complexity index is 940. The van der Waals surface area contributed by atoms with Crippen molar-refractivity contribution in [3.8, 4) is 11.5 Å². The lowest BCUT2D eigenvalue weighted by atomic mass is 9.75. The van der Waals surface area contributed by atoms with Crippen LogP contribution in [0.25, 0.3) is 0 Å². The van der Waals surface area contributed by atoms with E-state index in [0.29, 0.717) is 16.3 Å². The zero-order chi connectivity index (χ0) is 19.1. The second-order valence-electron chi connectivity index (χ2n) is 6.77. The number of fused-ring (bicyclic) bond motifs is 3. The summed E-state index contributed by atoms with van der Waals surface area (Å²) in [6.45, 7) is 0. The molecule has 0 unspecified atom stereocenters. The molecule has 1 heterocycles. The molecule has 0 fully saturated rings. The third-order valence-corrected chi connectivity index (χ3v) is 5.79. The molecule has 2 aromatic carbocycles. The van der Waals surface area contributed by atoms with Crippen molar-refractivity contribution < 1.29 is 19.4 Å².